The van der Waals surface area contributed by atoms with Crippen molar-refractivity contribution in [3.8, 4) is 0 Å². The van der Waals surface area contributed by atoms with Gasteiger partial charge in [0.2, 0.25) is 11.9 Å². The van der Waals surface area contributed by atoms with E-state index in [0.29, 0.717) is 5.96 Å². The Morgan fingerprint density at radius 2 is 1.68 bits per heavy atom. The first-order chi connectivity index (χ1) is 15.1. The second-order valence-corrected chi connectivity index (χ2v) is 7.84. The second-order valence-electron chi connectivity index (χ2n) is 7.84. The third-order valence-electron chi connectivity index (χ3n) is 5.75. The fourth-order valence-electron chi connectivity index (χ4n) is 4.04. The summed E-state index contributed by atoms with van der Waals surface area (Å²) in [5, 5.41) is 2.86. The van der Waals surface area contributed by atoms with Crippen molar-refractivity contribution in [3.05, 3.63) is 65.7 Å². The van der Waals surface area contributed by atoms with Gasteiger partial charge in [-0.2, -0.15) is 0 Å². The summed E-state index contributed by atoms with van der Waals surface area (Å²) in [6.07, 6.45) is 0. The molecule has 4 rings (SSSR count). The number of para-hydroxylation sites is 1. The summed E-state index contributed by atoms with van der Waals surface area (Å²) < 4.78 is 5.18. The van der Waals surface area contributed by atoms with Gasteiger partial charge in [-0.05, 0) is 31.5 Å². The number of esters is 1. The van der Waals surface area contributed by atoms with Gasteiger partial charge in [0.25, 0.3) is 0 Å². The number of aliphatic imine (C=N–C) groups is 1. The largest absolute Gasteiger partial charge is 0.465 e. The van der Waals surface area contributed by atoms with Crippen LogP contribution in [0.5, 0.6) is 0 Å². The van der Waals surface area contributed by atoms with Gasteiger partial charge in [-0.15, -0.1) is 0 Å². The van der Waals surface area contributed by atoms with Gasteiger partial charge in [0.15, 0.2) is 5.92 Å². The summed E-state index contributed by atoms with van der Waals surface area (Å²) in [6.45, 7) is 7.09. The molecule has 7 heteroatoms. The van der Waals surface area contributed by atoms with Crippen LogP contribution in [0.15, 0.2) is 59.6 Å². The number of anilines is 1. The number of carbonyl (C=O) groups excluding carboxylic acids is 2. The number of rotatable bonds is 4. The fourth-order valence-corrected chi connectivity index (χ4v) is 4.04. The Kier molecular flexibility index (Phi) is 6.21. The van der Waals surface area contributed by atoms with E-state index in [1.54, 1.807) is 6.92 Å². The monoisotopic (exact) mass is 420 g/mol. The summed E-state index contributed by atoms with van der Waals surface area (Å²) in [5.41, 5.74) is 3.13. The van der Waals surface area contributed by atoms with Crippen LogP contribution in [-0.4, -0.2) is 55.5 Å². The zero-order valence-electron chi connectivity index (χ0n) is 18.0. The number of piperazine rings is 1. The summed E-state index contributed by atoms with van der Waals surface area (Å²) >= 11 is 0. The van der Waals surface area contributed by atoms with Crippen molar-refractivity contribution in [2.75, 3.05) is 37.7 Å². The maximum atomic E-state index is 13.0. The highest BCUT2D eigenvalue weighted by molar-refractivity contribution is 6.08. The molecule has 2 aromatic carbocycles. The number of nitrogens with zero attached hydrogens (tertiary/aromatic N) is 3. The van der Waals surface area contributed by atoms with E-state index >= 15 is 0 Å². The van der Waals surface area contributed by atoms with Gasteiger partial charge in [0.1, 0.15) is 6.04 Å². The number of hydrogen-bond acceptors (Lipinski definition) is 6. The van der Waals surface area contributed by atoms with Crippen molar-refractivity contribution in [2.45, 2.75) is 19.9 Å². The number of ether oxygens (including phenoxy) is 1. The van der Waals surface area contributed by atoms with Crippen molar-refractivity contribution >= 4 is 23.5 Å². The summed E-state index contributed by atoms with van der Waals surface area (Å²) in [6, 6.07) is 17.5. The van der Waals surface area contributed by atoms with E-state index in [9.17, 15) is 9.59 Å². The summed E-state index contributed by atoms with van der Waals surface area (Å²) in [5.74, 6) is -1.36. The SMILES string of the molecule is CCOC(=O)[C@H]1C(=O)NC(N2CCN(c3ccccc3)CC2)=N[C@H]1c1ccc(C)cc1. The standard InChI is InChI=1S/C24H28N4O3/c1-3-31-23(30)20-21(18-11-9-17(2)10-12-18)25-24(26-22(20)29)28-15-13-27(14-16-28)19-7-5-4-6-8-19/h4-12,20-21H,3,13-16H2,1-2H3,(H,25,26,29)/t20-,21+/m1/s1. The van der Waals surface area contributed by atoms with Crippen LogP contribution in [0.3, 0.4) is 0 Å². The predicted octanol–water partition coefficient (Wildman–Crippen LogP) is 2.52. The Bertz CT molecular complexity index is 951. The molecule has 1 saturated heterocycles. The number of guanidine groups is 1. The fraction of sp³-hybridized carbons (Fsp3) is 0.375. The van der Waals surface area contributed by atoms with Gasteiger partial charge in [-0.25, -0.2) is 4.99 Å². The first-order valence-corrected chi connectivity index (χ1v) is 10.7. The smallest absolute Gasteiger partial charge is 0.321 e. The second kappa shape index (κ2) is 9.20. The lowest BCUT2D eigenvalue weighted by Gasteiger charge is -2.39. The first kappa shape index (κ1) is 20.9. The average Bonchev–Trinajstić information content (AvgIpc) is 2.80. The molecule has 1 fully saturated rings. The molecule has 1 N–H and O–H groups in total. The lowest BCUT2D eigenvalue weighted by atomic mass is 9.91. The molecular formula is C24H28N4O3. The lowest BCUT2D eigenvalue weighted by Crippen LogP contribution is -2.57. The van der Waals surface area contributed by atoms with Gasteiger partial charge >= 0.3 is 5.97 Å². The number of carbonyl (C=O) groups is 2. The van der Waals surface area contributed by atoms with Crippen LogP contribution in [-0.2, 0) is 14.3 Å². The molecule has 0 saturated carbocycles. The Hall–Kier alpha value is -3.35. The minimum atomic E-state index is -0.989. The van der Waals surface area contributed by atoms with Crippen molar-refractivity contribution in [1.29, 1.82) is 0 Å². The molecule has 0 aromatic heterocycles. The minimum Gasteiger partial charge on any atom is -0.465 e. The third-order valence-corrected chi connectivity index (χ3v) is 5.75. The average molecular weight is 421 g/mol. The van der Waals surface area contributed by atoms with E-state index < -0.39 is 17.9 Å². The molecule has 2 atom stereocenters. The molecule has 7 nitrogen and oxygen atoms in total. The molecule has 0 spiro atoms. The topological polar surface area (TPSA) is 74.2 Å². The molecule has 0 aliphatic carbocycles. The highest BCUT2D eigenvalue weighted by atomic mass is 16.5. The molecule has 31 heavy (non-hydrogen) atoms. The van der Waals surface area contributed by atoms with E-state index in [2.05, 4.69) is 27.2 Å². The number of aryl methyl sites for hydroxylation is 1. The highest BCUT2D eigenvalue weighted by Gasteiger charge is 2.42. The molecule has 0 radical (unpaired) electrons. The predicted molar refractivity (Wildman–Crippen MR) is 120 cm³/mol. The lowest BCUT2D eigenvalue weighted by molar-refractivity contribution is -0.153. The maximum absolute atomic E-state index is 13.0. The van der Waals surface area contributed by atoms with Crippen LogP contribution < -0.4 is 10.2 Å². The molecule has 0 unspecified atom stereocenters. The van der Waals surface area contributed by atoms with Crippen LogP contribution in [0.4, 0.5) is 5.69 Å². The molecule has 162 valence electrons. The molecule has 2 aliphatic rings. The van der Waals surface area contributed by atoms with Gasteiger partial charge < -0.3 is 14.5 Å². The van der Waals surface area contributed by atoms with Crippen LogP contribution in [0.2, 0.25) is 0 Å². The van der Waals surface area contributed by atoms with E-state index in [0.717, 1.165) is 37.3 Å². The number of amides is 1. The van der Waals surface area contributed by atoms with Gasteiger partial charge in [0, 0.05) is 31.9 Å². The number of hydrogen-bond donors (Lipinski definition) is 1. The first-order valence-electron chi connectivity index (χ1n) is 10.7. The molecule has 1 amide bonds. The summed E-state index contributed by atoms with van der Waals surface area (Å²) in [7, 11) is 0. The van der Waals surface area contributed by atoms with E-state index in [1.165, 1.54) is 5.69 Å². The van der Waals surface area contributed by atoms with Crippen molar-refractivity contribution in [1.82, 2.24) is 10.2 Å². The van der Waals surface area contributed by atoms with Crippen molar-refractivity contribution in [2.24, 2.45) is 10.9 Å². The molecule has 2 aromatic rings. The molecular weight excluding hydrogens is 392 g/mol. The van der Waals surface area contributed by atoms with Crippen LogP contribution >= 0.6 is 0 Å². The Labute approximate surface area is 182 Å². The van der Waals surface area contributed by atoms with Crippen LogP contribution in [0, 0.1) is 12.8 Å². The highest BCUT2D eigenvalue weighted by Crippen LogP contribution is 2.31. The van der Waals surface area contributed by atoms with Crippen LogP contribution in [0.25, 0.3) is 0 Å². The normalized spacial score (nSPS) is 21.4. The van der Waals surface area contributed by atoms with Gasteiger partial charge in [-0.1, -0.05) is 48.0 Å². The van der Waals surface area contributed by atoms with E-state index in [4.69, 9.17) is 9.73 Å². The Balaban J connectivity index is 1.56. The number of benzene rings is 2. The van der Waals surface area contributed by atoms with E-state index in [-0.39, 0.29) is 12.5 Å². The van der Waals surface area contributed by atoms with Crippen LogP contribution in [0.1, 0.15) is 24.1 Å². The zero-order chi connectivity index (χ0) is 21.8. The van der Waals surface area contributed by atoms with Gasteiger partial charge in [0.05, 0.1) is 6.61 Å². The molecule has 2 aliphatic heterocycles. The number of nitrogens with one attached hydrogen (secondary N) is 1. The third kappa shape index (κ3) is 4.55. The van der Waals surface area contributed by atoms with Crippen molar-refractivity contribution in [3.63, 3.8) is 0 Å². The minimum absolute atomic E-state index is 0.223. The Morgan fingerprint density at radius 1 is 1.03 bits per heavy atom. The summed E-state index contributed by atoms with van der Waals surface area (Å²) in [4.78, 5) is 34.8. The molecule has 2 heterocycles. The van der Waals surface area contributed by atoms with Gasteiger partial charge in [-0.3, -0.25) is 14.9 Å². The zero-order valence-corrected chi connectivity index (χ0v) is 18.0. The van der Waals surface area contributed by atoms with Crippen molar-refractivity contribution < 1.29 is 14.3 Å². The Morgan fingerprint density at radius 3 is 2.32 bits per heavy atom. The van der Waals surface area contributed by atoms with E-state index in [1.807, 2.05) is 49.4 Å². The quantitative estimate of drug-likeness (QED) is 0.608. The maximum Gasteiger partial charge on any atom is 0.321 e. The molecule has 0 bridgehead atoms.